The van der Waals surface area contributed by atoms with Crippen molar-refractivity contribution in [3.8, 4) is 11.5 Å². The maximum Gasteiger partial charge on any atom is 0.290 e. The van der Waals surface area contributed by atoms with E-state index in [-0.39, 0.29) is 11.3 Å². The van der Waals surface area contributed by atoms with Gasteiger partial charge in [0.25, 0.3) is 5.91 Å². The quantitative estimate of drug-likeness (QED) is 0.603. The number of thioether (sulfide) groups is 1. The number of hydrogen-bond acceptors (Lipinski definition) is 5. The Labute approximate surface area is 168 Å². The Morgan fingerprint density at radius 1 is 1.14 bits per heavy atom. The zero-order valence-corrected chi connectivity index (χ0v) is 16.4. The van der Waals surface area contributed by atoms with E-state index in [1.807, 2.05) is 53.4 Å². The topological polar surface area (TPSA) is 51.9 Å². The van der Waals surface area contributed by atoms with Crippen LogP contribution < -0.4 is 9.47 Å². The molecule has 1 fully saturated rings. The largest absolute Gasteiger partial charge is 0.493 e. The Bertz CT molecular complexity index is 927. The molecule has 0 unspecified atom stereocenters. The Morgan fingerprint density at radius 2 is 2.00 bits per heavy atom. The zero-order valence-electron chi connectivity index (χ0n) is 15.5. The molecule has 28 heavy (non-hydrogen) atoms. The summed E-state index contributed by atoms with van der Waals surface area (Å²) in [5.41, 5.74) is 2.09. The molecule has 144 valence electrons. The van der Waals surface area contributed by atoms with Gasteiger partial charge in [-0.15, -0.1) is 11.8 Å². The van der Waals surface area contributed by atoms with Gasteiger partial charge in [0, 0.05) is 12.3 Å². The summed E-state index contributed by atoms with van der Waals surface area (Å²) in [6, 6.07) is 19.3. The van der Waals surface area contributed by atoms with Crippen LogP contribution in [0.5, 0.6) is 11.5 Å². The van der Waals surface area contributed by atoms with Gasteiger partial charge in [0.05, 0.1) is 13.4 Å². The highest BCUT2D eigenvalue weighted by molar-refractivity contribution is 7.99. The Kier molecular flexibility index (Phi) is 5.58. The fourth-order valence-corrected chi connectivity index (χ4v) is 4.44. The SMILES string of the molecule is COc1ccc([C@H]2SCCN2C(=O)c2ccco2)cc1OCc1ccccc1. The first-order valence-corrected chi connectivity index (χ1v) is 10.1. The van der Waals surface area contributed by atoms with Crippen molar-refractivity contribution in [3.63, 3.8) is 0 Å². The van der Waals surface area contributed by atoms with Crippen molar-refractivity contribution in [2.24, 2.45) is 0 Å². The number of hydrogen-bond donors (Lipinski definition) is 0. The summed E-state index contributed by atoms with van der Waals surface area (Å²) in [4.78, 5) is 14.6. The summed E-state index contributed by atoms with van der Waals surface area (Å²) in [6.07, 6.45) is 1.52. The lowest BCUT2D eigenvalue weighted by molar-refractivity contribution is 0.0728. The Morgan fingerprint density at radius 3 is 2.75 bits per heavy atom. The third kappa shape index (κ3) is 3.87. The van der Waals surface area contributed by atoms with Crippen LogP contribution in [0.25, 0.3) is 0 Å². The molecule has 5 nitrogen and oxygen atoms in total. The van der Waals surface area contributed by atoms with Crippen LogP contribution in [0.3, 0.4) is 0 Å². The highest BCUT2D eigenvalue weighted by Crippen LogP contribution is 2.41. The van der Waals surface area contributed by atoms with Crippen LogP contribution in [0.1, 0.15) is 27.1 Å². The first kappa shape index (κ1) is 18.5. The predicted molar refractivity (Wildman–Crippen MR) is 109 cm³/mol. The van der Waals surface area contributed by atoms with Gasteiger partial charge in [-0.05, 0) is 35.4 Å². The molecule has 0 N–H and O–H groups in total. The molecular formula is C22H21NO4S. The highest BCUT2D eigenvalue weighted by Gasteiger charge is 2.33. The average molecular weight is 395 g/mol. The standard InChI is InChI=1S/C22H21NO4S/c1-25-18-10-9-17(14-20(18)27-15-16-6-3-2-4-7-16)22-23(11-13-28-22)21(24)19-8-5-12-26-19/h2-10,12,14,22H,11,13,15H2,1H3/t22-/m1/s1. The van der Waals surface area contributed by atoms with Gasteiger partial charge in [-0.1, -0.05) is 36.4 Å². The van der Waals surface area contributed by atoms with Crippen LogP contribution in [-0.2, 0) is 6.61 Å². The number of furan rings is 1. The average Bonchev–Trinajstić information content (AvgIpc) is 3.44. The highest BCUT2D eigenvalue weighted by atomic mass is 32.2. The van der Waals surface area contributed by atoms with Gasteiger partial charge >= 0.3 is 0 Å². The molecule has 6 heteroatoms. The lowest BCUT2D eigenvalue weighted by Gasteiger charge is -2.24. The van der Waals surface area contributed by atoms with Crippen molar-refractivity contribution in [1.29, 1.82) is 0 Å². The first-order valence-electron chi connectivity index (χ1n) is 9.07. The number of rotatable bonds is 6. The smallest absolute Gasteiger partial charge is 0.290 e. The van der Waals surface area contributed by atoms with Gasteiger partial charge in [0.15, 0.2) is 17.3 Å². The second-order valence-electron chi connectivity index (χ2n) is 6.38. The Hall–Kier alpha value is -2.86. The maximum atomic E-state index is 12.8. The number of amides is 1. The van der Waals surface area contributed by atoms with Gasteiger partial charge in [-0.2, -0.15) is 0 Å². The lowest BCUT2D eigenvalue weighted by atomic mass is 10.1. The number of methoxy groups -OCH3 is 1. The van der Waals surface area contributed by atoms with E-state index in [1.165, 1.54) is 6.26 Å². The molecule has 1 amide bonds. The molecule has 1 aliphatic rings. The third-order valence-electron chi connectivity index (χ3n) is 4.59. The molecule has 1 aliphatic heterocycles. The van der Waals surface area contributed by atoms with E-state index in [9.17, 15) is 4.79 Å². The van der Waals surface area contributed by atoms with E-state index in [0.29, 0.717) is 30.4 Å². The molecule has 4 rings (SSSR count). The number of carbonyl (C=O) groups is 1. The van der Waals surface area contributed by atoms with Crippen LogP contribution in [0.15, 0.2) is 71.3 Å². The van der Waals surface area contributed by atoms with Crippen LogP contribution in [0, 0.1) is 0 Å². The van der Waals surface area contributed by atoms with Crippen molar-refractivity contribution in [2.75, 3.05) is 19.4 Å². The molecule has 3 aromatic rings. The number of ether oxygens (including phenoxy) is 2. The van der Waals surface area contributed by atoms with Gasteiger partial charge in [-0.25, -0.2) is 0 Å². The van der Waals surface area contributed by atoms with Crippen LogP contribution in [0.2, 0.25) is 0 Å². The molecule has 1 atom stereocenters. The van der Waals surface area contributed by atoms with Gasteiger partial charge < -0.3 is 18.8 Å². The van der Waals surface area contributed by atoms with Crippen molar-refractivity contribution in [1.82, 2.24) is 4.90 Å². The zero-order chi connectivity index (χ0) is 19.3. The summed E-state index contributed by atoms with van der Waals surface area (Å²) in [5, 5.41) is -0.0809. The summed E-state index contributed by atoms with van der Waals surface area (Å²) in [7, 11) is 1.63. The normalized spacial score (nSPS) is 16.2. The van der Waals surface area contributed by atoms with E-state index in [0.717, 1.165) is 16.9 Å². The third-order valence-corrected chi connectivity index (χ3v) is 5.85. The van der Waals surface area contributed by atoms with Crippen LogP contribution >= 0.6 is 11.8 Å². The van der Waals surface area contributed by atoms with E-state index < -0.39 is 0 Å². The summed E-state index contributed by atoms with van der Waals surface area (Å²) < 4.78 is 16.8. The van der Waals surface area contributed by atoms with Crippen LogP contribution in [-0.4, -0.2) is 30.2 Å². The Balaban J connectivity index is 1.56. The second kappa shape index (κ2) is 8.44. The summed E-state index contributed by atoms with van der Waals surface area (Å²) >= 11 is 1.73. The molecule has 0 radical (unpaired) electrons. The number of benzene rings is 2. The molecule has 0 aliphatic carbocycles. The lowest BCUT2D eigenvalue weighted by Crippen LogP contribution is -2.30. The minimum atomic E-state index is -0.0948. The predicted octanol–water partition coefficient (Wildman–Crippen LogP) is 4.76. The number of nitrogens with zero attached hydrogens (tertiary/aromatic N) is 1. The first-order chi connectivity index (χ1) is 13.8. The molecule has 1 aromatic heterocycles. The van der Waals surface area contributed by atoms with Gasteiger partial charge in [0.2, 0.25) is 0 Å². The molecule has 0 bridgehead atoms. The van der Waals surface area contributed by atoms with Crippen molar-refractivity contribution >= 4 is 17.7 Å². The summed E-state index contributed by atoms with van der Waals surface area (Å²) in [5.74, 6) is 2.49. The molecule has 2 aromatic carbocycles. The molecular weight excluding hydrogens is 374 g/mol. The molecule has 2 heterocycles. The van der Waals surface area contributed by atoms with E-state index >= 15 is 0 Å². The minimum Gasteiger partial charge on any atom is -0.493 e. The second-order valence-corrected chi connectivity index (χ2v) is 7.57. The summed E-state index contributed by atoms with van der Waals surface area (Å²) in [6.45, 7) is 1.13. The molecule has 1 saturated heterocycles. The van der Waals surface area contributed by atoms with Crippen molar-refractivity contribution in [3.05, 3.63) is 83.8 Å². The van der Waals surface area contributed by atoms with E-state index in [4.69, 9.17) is 13.9 Å². The maximum absolute atomic E-state index is 12.8. The fraction of sp³-hybridized carbons (Fsp3) is 0.227. The van der Waals surface area contributed by atoms with Crippen LogP contribution in [0.4, 0.5) is 0 Å². The van der Waals surface area contributed by atoms with Crippen molar-refractivity contribution < 1.29 is 18.7 Å². The number of carbonyl (C=O) groups excluding carboxylic acids is 1. The monoisotopic (exact) mass is 395 g/mol. The van der Waals surface area contributed by atoms with E-state index in [1.54, 1.807) is 31.0 Å². The fourth-order valence-electron chi connectivity index (χ4n) is 3.19. The van der Waals surface area contributed by atoms with Gasteiger partial charge in [0.1, 0.15) is 12.0 Å². The molecule has 0 spiro atoms. The van der Waals surface area contributed by atoms with Crippen molar-refractivity contribution in [2.45, 2.75) is 12.0 Å². The van der Waals surface area contributed by atoms with Gasteiger partial charge in [-0.3, -0.25) is 4.79 Å². The molecule has 0 saturated carbocycles. The van der Waals surface area contributed by atoms with E-state index in [2.05, 4.69) is 0 Å². The minimum absolute atomic E-state index is 0.0809.